The molecule has 1 aliphatic heterocycles. The Bertz CT molecular complexity index is 1080. The molecular weight excluding hydrogens is 395 g/mol. The lowest BCUT2D eigenvalue weighted by Crippen LogP contribution is -2.22. The van der Waals surface area contributed by atoms with Gasteiger partial charge in [0.2, 0.25) is 0 Å². The molecule has 0 N–H and O–H groups in total. The smallest absolute Gasteiger partial charge is 0.265 e. The van der Waals surface area contributed by atoms with Crippen molar-refractivity contribution in [1.29, 1.82) is 10.5 Å². The number of fused-ring (bicyclic) bond motifs is 1. The summed E-state index contributed by atoms with van der Waals surface area (Å²) in [7, 11) is 3.66. The highest BCUT2D eigenvalue weighted by atomic mass is 35.5. The molecule has 1 heterocycles. The molecule has 138 valence electrons. The van der Waals surface area contributed by atoms with Gasteiger partial charge in [-0.25, -0.2) is 0 Å². The molecule has 0 aliphatic carbocycles. The molecule has 28 heavy (non-hydrogen) atoms. The molecule has 0 spiro atoms. The number of para-hydroxylation sites is 1. The fraction of sp³-hybridized carbons (Fsp3) is 0.0952. The van der Waals surface area contributed by atoms with E-state index in [1.54, 1.807) is 47.5 Å². The maximum Gasteiger partial charge on any atom is 0.265 e. The van der Waals surface area contributed by atoms with Gasteiger partial charge in [0.15, 0.2) is 0 Å². The van der Waals surface area contributed by atoms with Gasteiger partial charge in [-0.05, 0) is 29.8 Å². The Morgan fingerprint density at radius 3 is 2.32 bits per heavy atom. The standard InChI is InChI=1S/C21H14Cl2N4O/c1-26(2)12-16-15-7-6-13(8-14(10-24)11-25)9-19(15)27(21(16)28)20-17(22)4-3-5-18(20)23/h3-9,12H,1-2H3/b16-12-. The van der Waals surface area contributed by atoms with E-state index in [0.29, 0.717) is 38.1 Å². The second kappa shape index (κ2) is 7.78. The maximum atomic E-state index is 13.2. The van der Waals surface area contributed by atoms with Crippen LogP contribution < -0.4 is 4.90 Å². The van der Waals surface area contributed by atoms with E-state index in [1.165, 1.54) is 11.0 Å². The van der Waals surface area contributed by atoms with Crippen LogP contribution in [-0.4, -0.2) is 24.9 Å². The van der Waals surface area contributed by atoms with Gasteiger partial charge in [-0.3, -0.25) is 9.69 Å². The number of benzene rings is 2. The highest BCUT2D eigenvalue weighted by Crippen LogP contribution is 2.47. The van der Waals surface area contributed by atoms with Gasteiger partial charge in [0.05, 0.1) is 27.0 Å². The minimum Gasteiger partial charge on any atom is -0.383 e. The Labute approximate surface area is 172 Å². The zero-order valence-electron chi connectivity index (χ0n) is 15.1. The summed E-state index contributed by atoms with van der Waals surface area (Å²) >= 11 is 12.7. The van der Waals surface area contributed by atoms with Crippen molar-refractivity contribution >= 4 is 52.1 Å². The van der Waals surface area contributed by atoms with E-state index in [1.807, 2.05) is 26.2 Å². The number of amides is 1. The summed E-state index contributed by atoms with van der Waals surface area (Å²) in [4.78, 5) is 16.5. The number of anilines is 2. The van der Waals surface area contributed by atoms with Crippen molar-refractivity contribution in [1.82, 2.24) is 4.90 Å². The Morgan fingerprint density at radius 2 is 1.75 bits per heavy atom. The van der Waals surface area contributed by atoms with Crippen LogP contribution in [0.4, 0.5) is 11.4 Å². The predicted molar refractivity (Wildman–Crippen MR) is 111 cm³/mol. The molecule has 0 saturated carbocycles. The third kappa shape index (κ3) is 3.46. The molecule has 0 bridgehead atoms. The second-order valence-corrected chi connectivity index (χ2v) is 7.09. The third-order valence-electron chi connectivity index (χ3n) is 4.09. The van der Waals surface area contributed by atoms with Gasteiger partial charge in [-0.2, -0.15) is 10.5 Å². The van der Waals surface area contributed by atoms with Crippen LogP contribution in [0.1, 0.15) is 11.1 Å². The van der Waals surface area contributed by atoms with Crippen molar-refractivity contribution in [2.24, 2.45) is 0 Å². The lowest BCUT2D eigenvalue weighted by Gasteiger charge is -2.20. The maximum absolute atomic E-state index is 13.2. The molecular formula is C21H14Cl2N4O. The average molecular weight is 409 g/mol. The van der Waals surface area contributed by atoms with Crippen molar-refractivity contribution in [2.75, 3.05) is 19.0 Å². The molecule has 2 aromatic rings. The van der Waals surface area contributed by atoms with E-state index in [4.69, 9.17) is 33.7 Å². The van der Waals surface area contributed by atoms with Crippen LogP contribution in [0.3, 0.4) is 0 Å². The van der Waals surface area contributed by atoms with Crippen molar-refractivity contribution in [3.8, 4) is 12.1 Å². The predicted octanol–water partition coefficient (Wildman–Crippen LogP) is 5.00. The highest BCUT2D eigenvalue weighted by molar-refractivity contribution is 6.43. The average Bonchev–Trinajstić information content (AvgIpc) is 2.91. The van der Waals surface area contributed by atoms with Gasteiger partial charge in [-0.1, -0.05) is 41.4 Å². The first-order chi connectivity index (χ1) is 13.4. The van der Waals surface area contributed by atoms with Crippen molar-refractivity contribution < 1.29 is 4.79 Å². The van der Waals surface area contributed by atoms with Gasteiger partial charge in [0.1, 0.15) is 17.7 Å². The zero-order chi connectivity index (χ0) is 20.4. The number of allylic oxidation sites excluding steroid dienone is 1. The Balaban J connectivity index is 2.27. The van der Waals surface area contributed by atoms with E-state index < -0.39 is 0 Å². The fourth-order valence-electron chi connectivity index (χ4n) is 2.96. The second-order valence-electron chi connectivity index (χ2n) is 6.28. The largest absolute Gasteiger partial charge is 0.383 e. The molecule has 2 aromatic carbocycles. The zero-order valence-corrected chi connectivity index (χ0v) is 16.6. The van der Waals surface area contributed by atoms with Crippen LogP contribution in [0.2, 0.25) is 10.0 Å². The van der Waals surface area contributed by atoms with E-state index in [9.17, 15) is 4.79 Å². The first-order valence-corrected chi connectivity index (χ1v) is 8.96. The van der Waals surface area contributed by atoms with E-state index in [0.717, 1.165) is 0 Å². The van der Waals surface area contributed by atoms with E-state index in [2.05, 4.69) is 0 Å². The van der Waals surface area contributed by atoms with Crippen LogP contribution in [0.15, 0.2) is 48.2 Å². The number of rotatable bonds is 3. The summed E-state index contributed by atoms with van der Waals surface area (Å²) < 4.78 is 0. The summed E-state index contributed by atoms with van der Waals surface area (Å²) in [5.74, 6) is -0.263. The number of hydrogen-bond donors (Lipinski definition) is 0. The third-order valence-corrected chi connectivity index (χ3v) is 4.70. The summed E-state index contributed by atoms with van der Waals surface area (Å²) in [6, 6.07) is 14.0. The quantitative estimate of drug-likeness (QED) is 0.528. The fourth-order valence-corrected chi connectivity index (χ4v) is 3.53. The molecule has 1 aliphatic rings. The van der Waals surface area contributed by atoms with Crippen LogP contribution in [0.25, 0.3) is 11.6 Å². The summed E-state index contributed by atoms with van der Waals surface area (Å²) in [5, 5.41) is 18.7. The molecule has 0 atom stereocenters. The molecule has 0 fully saturated rings. The van der Waals surface area contributed by atoms with Crippen molar-refractivity contribution in [3.05, 3.63) is 69.3 Å². The SMILES string of the molecule is CN(C)/C=C1\C(=O)N(c2c(Cl)cccc2Cl)c2cc(C=C(C#N)C#N)ccc21. The van der Waals surface area contributed by atoms with Gasteiger partial charge < -0.3 is 4.90 Å². The summed E-state index contributed by atoms with van der Waals surface area (Å²) in [5.41, 5.74) is 2.76. The van der Waals surface area contributed by atoms with Crippen LogP contribution in [0, 0.1) is 22.7 Å². The number of carbonyl (C=O) groups excluding carboxylic acids is 1. The molecule has 3 rings (SSSR count). The molecule has 1 amide bonds. The van der Waals surface area contributed by atoms with Crippen molar-refractivity contribution in [3.63, 3.8) is 0 Å². The lowest BCUT2D eigenvalue weighted by molar-refractivity contribution is -0.112. The van der Waals surface area contributed by atoms with Gasteiger partial charge in [0.25, 0.3) is 5.91 Å². The van der Waals surface area contributed by atoms with E-state index >= 15 is 0 Å². The van der Waals surface area contributed by atoms with Crippen LogP contribution in [0.5, 0.6) is 0 Å². The first-order valence-electron chi connectivity index (χ1n) is 8.20. The number of carbonyl (C=O) groups is 1. The Morgan fingerprint density at radius 1 is 1.11 bits per heavy atom. The topological polar surface area (TPSA) is 71.1 Å². The minimum atomic E-state index is -0.263. The van der Waals surface area contributed by atoms with E-state index in [-0.39, 0.29) is 11.5 Å². The highest BCUT2D eigenvalue weighted by Gasteiger charge is 2.36. The molecule has 0 radical (unpaired) electrons. The van der Waals surface area contributed by atoms with Gasteiger partial charge >= 0.3 is 0 Å². The molecule has 7 heteroatoms. The van der Waals surface area contributed by atoms with Crippen molar-refractivity contribution in [2.45, 2.75) is 0 Å². The number of nitriles is 2. The molecule has 5 nitrogen and oxygen atoms in total. The summed E-state index contributed by atoms with van der Waals surface area (Å²) in [6.07, 6.45) is 3.20. The first kappa shape index (κ1) is 19.5. The van der Waals surface area contributed by atoms with Crippen LogP contribution in [-0.2, 0) is 4.79 Å². The Hall–Kier alpha value is -3.25. The monoisotopic (exact) mass is 408 g/mol. The minimum absolute atomic E-state index is 0.0318. The Kier molecular flexibility index (Phi) is 5.42. The molecule has 0 saturated heterocycles. The van der Waals surface area contributed by atoms with Gasteiger partial charge in [0, 0.05) is 25.9 Å². The van der Waals surface area contributed by atoms with Crippen LogP contribution >= 0.6 is 23.2 Å². The normalized spacial score (nSPS) is 13.7. The molecule has 0 aromatic heterocycles. The summed E-state index contributed by atoms with van der Waals surface area (Å²) in [6.45, 7) is 0. The molecule has 0 unspecified atom stereocenters. The number of nitrogens with zero attached hydrogens (tertiary/aromatic N) is 4. The lowest BCUT2D eigenvalue weighted by atomic mass is 10.0. The van der Waals surface area contributed by atoms with Gasteiger partial charge in [-0.15, -0.1) is 0 Å². The number of hydrogen-bond acceptors (Lipinski definition) is 4. The number of halogens is 2.